The Morgan fingerprint density at radius 2 is 2.35 bits per heavy atom. The average molecular weight is 312 g/mol. The monoisotopic (exact) mass is 312 g/mol. The van der Waals surface area contributed by atoms with Gasteiger partial charge in [0.05, 0.1) is 5.69 Å². The number of thioether (sulfide) groups is 1. The molecule has 5 nitrogen and oxygen atoms in total. The zero-order chi connectivity index (χ0) is 14.4. The van der Waals surface area contributed by atoms with Crippen LogP contribution in [0.15, 0.2) is 28.0 Å². The second kappa shape index (κ2) is 7.20. The average Bonchev–Trinajstić information content (AvgIpc) is 2.92. The van der Waals surface area contributed by atoms with Gasteiger partial charge in [-0.15, -0.1) is 10.2 Å². The molecule has 1 amide bonds. The fourth-order valence-corrected chi connectivity index (χ4v) is 2.97. The van der Waals surface area contributed by atoms with Crippen molar-refractivity contribution in [1.82, 2.24) is 10.2 Å². The molecule has 0 aliphatic rings. The first kappa shape index (κ1) is 14.7. The van der Waals surface area contributed by atoms with Crippen LogP contribution in [-0.2, 0) is 4.79 Å². The first-order valence-corrected chi connectivity index (χ1v) is 7.75. The number of aromatic nitrogens is 2. The van der Waals surface area contributed by atoms with E-state index in [1.54, 1.807) is 17.3 Å². The fourth-order valence-electron chi connectivity index (χ4n) is 1.47. The van der Waals surface area contributed by atoms with Gasteiger partial charge in [0.25, 0.3) is 0 Å². The summed E-state index contributed by atoms with van der Waals surface area (Å²) in [5.41, 5.74) is 7.74. The highest BCUT2D eigenvalue weighted by molar-refractivity contribution is 8.00. The highest BCUT2D eigenvalue weighted by Crippen LogP contribution is 2.21. The number of carbonyl (C=O) groups excluding carboxylic acids is 1. The van der Waals surface area contributed by atoms with Gasteiger partial charge in [0.15, 0.2) is 4.34 Å². The summed E-state index contributed by atoms with van der Waals surface area (Å²) in [4.78, 5) is 11.7. The number of halogens is 1. The summed E-state index contributed by atoms with van der Waals surface area (Å²) in [5.74, 6) is 0.0466. The van der Waals surface area contributed by atoms with Crippen molar-refractivity contribution in [2.24, 2.45) is 0 Å². The van der Waals surface area contributed by atoms with Crippen LogP contribution in [0.1, 0.15) is 12.8 Å². The predicted molar refractivity (Wildman–Crippen MR) is 79.3 cm³/mol. The lowest BCUT2D eigenvalue weighted by Crippen LogP contribution is -2.12. The highest BCUT2D eigenvalue weighted by atomic mass is 32.2. The van der Waals surface area contributed by atoms with Crippen LogP contribution >= 0.6 is 23.1 Å². The van der Waals surface area contributed by atoms with Crippen LogP contribution in [0, 0.1) is 5.82 Å². The topological polar surface area (TPSA) is 80.9 Å². The van der Waals surface area contributed by atoms with E-state index in [9.17, 15) is 9.18 Å². The number of anilines is 2. The van der Waals surface area contributed by atoms with Gasteiger partial charge in [-0.25, -0.2) is 4.39 Å². The van der Waals surface area contributed by atoms with Crippen LogP contribution in [0.2, 0.25) is 0 Å². The maximum Gasteiger partial charge on any atom is 0.224 e. The van der Waals surface area contributed by atoms with Gasteiger partial charge < -0.3 is 11.1 Å². The zero-order valence-electron chi connectivity index (χ0n) is 10.5. The zero-order valence-corrected chi connectivity index (χ0v) is 12.1. The molecule has 0 saturated carbocycles. The van der Waals surface area contributed by atoms with Gasteiger partial charge in [0.1, 0.15) is 11.3 Å². The van der Waals surface area contributed by atoms with Crippen LogP contribution in [0.25, 0.3) is 0 Å². The summed E-state index contributed by atoms with van der Waals surface area (Å²) >= 11 is 3.02. The second-order valence-corrected chi connectivity index (χ2v) is 6.12. The van der Waals surface area contributed by atoms with E-state index in [1.165, 1.54) is 29.5 Å². The van der Waals surface area contributed by atoms with Crippen LogP contribution in [0.3, 0.4) is 0 Å². The van der Waals surface area contributed by atoms with E-state index in [0.29, 0.717) is 18.5 Å². The van der Waals surface area contributed by atoms with Crippen molar-refractivity contribution in [3.8, 4) is 0 Å². The van der Waals surface area contributed by atoms with Crippen molar-refractivity contribution in [3.63, 3.8) is 0 Å². The molecular formula is C12H13FN4OS2. The Morgan fingerprint density at radius 3 is 3.10 bits per heavy atom. The lowest BCUT2D eigenvalue weighted by molar-refractivity contribution is -0.116. The molecule has 0 saturated heterocycles. The summed E-state index contributed by atoms with van der Waals surface area (Å²) in [6.45, 7) is 0. The summed E-state index contributed by atoms with van der Waals surface area (Å²) in [6.07, 6.45) is 1.00. The first-order chi connectivity index (χ1) is 9.65. The molecular weight excluding hydrogens is 299 g/mol. The molecule has 0 spiro atoms. The lowest BCUT2D eigenvalue weighted by Gasteiger charge is -2.06. The Labute approximate surface area is 123 Å². The quantitative estimate of drug-likeness (QED) is 0.487. The lowest BCUT2D eigenvalue weighted by atomic mass is 10.2. The molecule has 3 N–H and O–H groups in total. The van der Waals surface area contributed by atoms with E-state index in [4.69, 9.17) is 5.73 Å². The van der Waals surface area contributed by atoms with Gasteiger partial charge in [-0.1, -0.05) is 23.1 Å². The van der Waals surface area contributed by atoms with Crippen LogP contribution < -0.4 is 11.1 Å². The van der Waals surface area contributed by atoms with Gasteiger partial charge in [0.2, 0.25) is 5.91 Å². The fraction of sp³-hybridized carbons (Fsp3) is 0.250. The van der Waals surface area contributed by atoms with E-state index in [2.05, 4.69) is 15.5 Å². The summed E-state index contributed by atoms with van der Waals surface area (Å²) < 4.78 is 14.3. The summed E-state index contributed by atoms with van der Waals surface area (Å²) in [5, 5.41) is 10.1. The number of amides is 1. The molecule has 2 aromatic rings. The van der Waals surface area contributed by atoms with Crippen molar-refractivity contribution in [2.75, 3.05) is 16.8 Å². The Hall–Kier alpha value is -1.67. The summed E-state index contributed by atoms with van der Waals surface area (Å²) in [7, 11) is 0. The molecule has 0 fully saturated rings. The Balaban J connectivity index is 1.73. The van der Waals surface area contributed by atoms with Crippen molar-refractivity contribution in [3.05, 3.63) is 29.5 Å². The molecule has 106 valence electrons. The van der Waals surface area contributed by atoms with E-state index in [-0.39, 0.29) is 11.6 Å². The number of nitrogens with zero attached hydrogens (tertiary/aromatic N) is 2. The van der Waals surface area contributed by atoms with Crippen LogP contribution in [-0.4, -0.2) is 21.9 Å². The summed E-state index contributed by atoms with van der Waals surface area (Å²) in [6, 6.07) is 4.09. The third-order valence-corrected chi connectivity index (χ3v) is 4.32. The molecule has 0 radical (unpaired) electrons. The number of nitrogens with one attached hydrogen (secondary N) is 1. The number of carbonyl (C=O) groups is 1. The molecule has 0 bridgehead atoms. The van der Waals surface area contributed by atoms with Gasteiger partial charge >= 0.3 is 0 Å². The van der Waals surface area contributed by atoms with E-state index in [0.717, 1.165) is 10.1 Å². The standard InChI is InChI=1S/C12H13FN4OS2/c13-9-4-3-8(14)6-10(9)16-11(18)2-1-5-19-12-17-15-7-20-12/h3-4,6-7H,1-2,5,14H2,(H,16,18). The number of hydrogen-bond donors (Lipinski definition) is 2. The molecule has 1 aromatic carbocycles. The predicted octanol–water partition coefficient (Wildman–Crippen LogP) is 2.77. The Morgan fingerprint density at radius 1 is 1.50 bits per heavy atom. The van der Waals surface area contributed by atoms with Crippen molar-refractivity contribution < 1.29 is 9.18 Å². The smallest absolute Gasteiger partial charge is 0.224 e. The van der Waals surface area contributed by atoms with Gasteiger partial charge in [0, 0.05) is 17.9 Å². The number of hydrogen-bond acceptors (Lipinski definition) is 6. The largest absolute Gasteiger partial charge is 0.399 e. The molecule has 1 aromatic heterocycles. The molecule has 2 rings (SSSR count). The third-order valence-electron chi connectivity index (χ3n) is 2.38. The maximum absolute atomic E-state index is 13.4. The Bertz CT molecular complexity index is 577. The van der Waals surface area contributed by atoms with Crippen LogP contribution in [0.4, 0.5) is 15.8 Å². The number of nitrogens with two attached hydrogens (primary N) is 1. The van der Waals surface area contributed by atoms with E-state index >= 15 is 0 Å². The number of nitrogen functional groups attached to an aromatic ring is 1. The van der Waals surface area contributed by atoms with Gasteiger partial charge in [-0.2, -0.15) is 0 Å². The van der Waals surface area contributed by atoms with Crippen molar-refractivity contribution in [2.45, 2.75) is 17.2 Å². The number of rotatable bonds is 6. The minimum atomic E-state index is -0.490. The van der Waals surface area contributed by atoms with E-state index in [1.807, 2.05) is 0 Å². The van der Waals surface area contributed by atoms with Crippen molar-refractivity contribution >= 4 is 40.4 Å². The van der Waals surface area contributed by atoms with Gasteiger partial charge in [-0.3, -0.25) is 4.79 Å². The first-order valence-electron chi connectivity index (χ1n) is 5.89. The molecule has 0 aliphatic heterocycles. The molecule has 0 aliphatic carbocycles. The maximum atomic E-state index is 13.4. The van der Waals surface area contributed by atoms with Crippen LogP contribution in [0.5, 0.6) is 0 Å². The Kier molecular flexibility index (Phi) is 5.31. The normalized spacial score (nSPS) is 10.4. The molecule has 20 heavy (non-hydrogen) atoms. The second-order valence-electron chi connectivity index (χ2n) is 3.94. The molecule has 0 atom stereocenters. The highest BCUT2D eigenvalue weighted by Gasteiger charge is 2.07. The molecule has 0 unspecified atom stereocenters. The van der Waals surface area contributed by atoms with Gasteiger partial charge in [-0.05, 0) is 24.6 Å². The SMILES string of the molecule is Nc1ccc(F)c(NC(=O)CCCSc2nncs2)c1. The van der Waals surface area contributed by atoms with Crippen molar-refractivity contribution in [1.29, 1.82) is 0 Å². The minimum Gasteiger partial charge on any atom is -0.399 e. The third kappa shape index (κ3) is 4.46. The molecule has 1 heterocycles. The minimum absolute atomic E-state index is 0.117. The molecule has 8 heteroatoms. The van der Waals surface area contributed by atoms with E-state index < -0.39 is 5.82 Å². The number of benzene rings is 1.